The standard InChI is InChI=1S/C8H8N2OS2/c1-13(11)5-2-3-6-7(4-5)12-8(9)10-6/h2-4H,1H3,(H2,9,10). The van der Waals surface area contributed by atoms with E-state index in [4.69, 9.17) is 5.73 Å². The van der Waals surface area contributed by atoms with Crippen molar-refractivity contribution in [1.29, 1.82) is 0 Å². The molecule has 0 spiro atoms. The van der Waals surface area contributed by atoms with Gasteiger partial charge in [0.15, 0.2) is 5.13 Å². The van der Waals surface area contributed by atoms with Crippen LogP contribution < -0.4 is 5.73 Å². The lowest BCUT2D eigenvalue weighted by atomic mass is 10.3. The van der Waals surface area contributed by atoms with Gasteiger partial charge in [-0.05, 0) is 18.2 Å². The van der Waals surface area contributed by atoms with Crippen LogP contribution in [0, 0.1) is 0 Å². The van der Waals surface area contributed by atoms with Crippen LogP contribution in [-0.4, -0.2) is 15.4 Å². The molecule has 13 heavy (non-hydrogen) atoms. The molecule has 0 aliphatic rings. The summed E-state index contributed by atoms with van der Waals surface area (Å²) in [6.45, 7) is 0. The molecule has 1 unspecified atom stereocenters. The molecule has 5 heteroatoms. The Balaban J connectivity index is 2.67. The maximum absolute atomic E-state index is 11.2. The summed E-state index contributed by atoms with van der Waals surface area (Å²) >= 11 is 1.42. The number of rotatable bonds is 1. The first kappa shape index (κ1) is 8.65. The van der Waals surface area contributed by atoms with Crippen LogP contribution in [0.4, 0.5) is 5.13 Å². The Morgan fingerprint density at radius 3 is 3.00 bits per heavy atom. The molecule has 1 atom stereocenters. The van der Waals surface area contributed by atoms with Gasteiger partial charge in [0.1, 0.15) is 0 Å². The number of thiazole rings is 1. The molecule has 3 nitrogen and oxygen atoms in total. The molecule has 2 rings (SSSR count). The average Bonchev–Trinajstić information content (AvgIpc) is 2.42. The topological polar surface area (TPSA) is 56.0 Å². The molecule has 0 saturated carbocycles. The monoisotopic (exact) mass is 212 g/mol. The molecule has 0 aliphatic carbocycles. The van der Waals surface area contributed by atoms with Crippen molar-refractivity contribution in [2.24, 2.45) is 0 Å². The smallest absolute Gasteiger partial charge is 0.181 e. The third-order valence-corrected chi connectivity index (χ3v) is 3.47. The van der Waals surface area contributed by atoms with Crippen molar-refractivity contribution in [3.63, 3.8) is 0 Å². The van der Waals surface area contributed by atoms with Gasteiger partial charge in [-0.25, -0.2) is 4.98 Å². The first-order chi connectivity index (χ1) is 6.16. The summed E-state index contributed by atoms with van der Waals surface area (Å²) in [5.41, 5.74) is 6.42. The van der Waals surface area contributed by atoms with Crippen molar-refractivity contribution in [2.75, 3.05) is 12.0 Å². The maximum atomic E-state index is 11.2. The number of hydrogen-bond donors (Lipinski definition) is 1. The fraction of sp³-hybridized carbons (Fsp3) is 0.125. The van der Waals surface area contributed by atoms with Gasteiger partial charge in [-0.1, -0.05) is 11.3 Å². The van der Waals surface area contributed by atoms with Gasteiger partial charge in [0, 0.05) is 22.0 Å². The summed E-state index contributed by atoms with van der Waals surface area (Å²) < 4.78 is 12.2. The number of fused-ring (bicyclic) bond motifs is 1. The van der Waals surface area contributed by atoms with Gasteiger partial charge < -0.3 is 5.73 Å². The number of benzene rings is 1. The second kappa shape index (κ2) is 3.08. The number of aromatic nitrogens is 1. The molecular formula is C8H8N2OS2. The lowest BCUT2D eigenvalue weighted by Gasteiger charge is -1.93. The minimum atomic E-state index is -0.938. The van der Waals surface area contributed by atoms with E-state index in [2.05, 4.69) is 4.98 Å². The summed E-state index contributed by atoms with van der Waals surface area (Å²) in [6.07, 6.45) is 1.66. The van der Waals surface area contributed by atoms with Gasteiger partial charge in [0.05, 0.1) is 10.2 Å². The molecule has 1 aromatic carbocycles. The molecule has 0 bridgehead atoms. The highest BCUT2D eigenvalue weighted by Crippen LogP contribution is 2.25. The Labute approximate surface area is 82.1 Å². The zero-order valence-electron chi connectivity index (χ0n) is 6.98. The first-order valence-electron chi connectivity index (χ1n) is 3.66. The second-order valence-corrected chi connectivity index (χ2v) is 5.08. The van der Waals surface area contributed by atoms with Crippen LogP contribution in [0.25, 0.3) is 10.2 Å². The van der Waals surface area contributed by atoms with E-state index in [-0.39, 0.29) is 0 Å². The van der Waals surface area contributed by atoms with E-state index in [0.29, 0.717) is 5.13 Å². The van der Waals surface area contributed by atoms with E-state index in [9.17, 15) is 4.21 Å². The van der Waals surface area contributed by atoms with E-state index in [1.807, 2.05) is 18.2 Å². The van der Waals surface area contributed by atoms with Crippen molar-refractivity contribution in [1.82, 2.24) is 4.98 Å². The lowest BCUT2D eigenvalue weighted by Crippen LogP contribution is -1.85. The third-order valence-electron chi connectivity index (χ3n) is 1.71. The summed E-state index contributed by atoms with van der Waals surface area (Å²) in [7, 11) is -0.938. The van der Waals surface area contributed by atoms with Crippen molar-refractivity contribution in [3.8, 4) is 0 Å². The Morgan fingerprint density at radius 1 is 1.54 bits per heavy atom. The number of nitrogen functional groups attached to an aromatic ring is 1. The van der Waals surface area contributed by atoms with Crippen molar-refractivity contribution in [3.05, 3.63) is 18.2 Å². The fourth-order valence-corrected chi connectivity index (χ4v) is 2.49. The highest BCUT2D eigenvalue weighted by molar-refractivity contribution is 7.84. The fourth-order valence-electron chi connectivity index (χ4n) is 1.10. The molecule has 0 saturated heterocycles. The molecule has 0 aliphatic heterocycles. The van der Waals surface area contributed by atoms with Gasteiger partial charge in [-0.3, -0.25) is 4.21 Å². The molecule has 0 fully saturated rings. The van der Waals surface area contributed by atoms with Crippen LogP contribution in [0.15, 0.2) is 23.1 Å². The number of hydrogen-bond acceptors (Lipinski definition) is 4. The Bertz CT molecular complexity index is 478. The predicted octanol–water partition coefficient (Wildman–Crippen LogP) is 1.62. The van der Waals surface area contributed by atoms with Gasteiger partial charge >= 0.3 is 0 Å². The predicted molar refractivity (Wildman–Crippen MR) is 56.4 cm³/mol. The third kappa shape index (κ3) is 1.57. The van der Waals surface area contributed by atoms with E-state index >= 15 is 0 Å². The Kier molecular flexibility index (Phi) is 2.05. The molecule has 0 radical (unpaired) electrons. The Hall–Kier alpha value is -0.940. The van der Waals surface area contributed by atoms with Crippen molar-refractivity contribution >= 4 is 37.5 Å². The van der Waals surface area contributed by atoms with Crippen LogP contribution in [0.2, 0.25) is 0 Å². The summed E-state index contributed by atoms with van der Waals surface area (Å²) in [5.74, 6) is 0. The Morgan fingerprint density at radius 2 is 2.31 bits per heavy atom. The zero-order chi connectivity index (χ0) is 9.42. The lowest BCUT2D eigenvalue weighted by molar-refractivity contribution is 0.687. The maximum Gasteiger partial charge on any atom is 0.181 e. The van der Waals surface area contributed by atoms with Crippen molar-refractivity contribution in [2.45, 2.75) is 4.90 Å². The minimum Gasteiger partial charge on any atom is -0.375 e. The number of nitrogens with two attached hydrogens (primary N) is 1. The molecule has 1 aromatic heterocycles. The largest absolute Gasteiger partial charge is 0.375 e. The average molecular weight is 212 g/mol. The normalized spacial score (nSPS) is 13.3. The minimum absolute atomic E-state index is 0.550. The number of anilines is 1. The van der Waals surface area contributed by atoms with Crippen LogP contribution in [0.3, 0.4) is 0 Å². The van der Waals surface area contributed by atoms with Crippen LogP contribution in [-0.2, 0) is 10.8 Å². The van der Waals surface area contributed by atoms with E-state index in [1.165, 1.54) is 11.3 Å². The molecule has 2 N–H and O–H groups in total. The van der Waals surface area contributed by atoms with Gasteiger partial charge in [0.25, 0.3) is 0 Å². The molecular weight excluding hydrogens is 204 g/mol. The van der Waals surface area contributed by atoms with Gasteiger partial charge in [-0.15, -0.1) is 0 Å². The van der Waals surface area contributed by atoms with Crippen LogP contribution in [0.5, 0.6) is 0 Å². The molecule has 0 amide bonds. The van der Waals surface area contributed by atoms with Gasteiger partial charge in [-0.2, -0.15) is 0 Å². The van der Waals surface area contributed by atoms with Crippen molar-refractivity contribution < 1.29 is 4.21 Å². The highest BCUT2D eigenvalue weighted by atomic mass is 32.2. The van der Waals surface area contributed by atoms with E-state index in [0.717, 1.165) is 15.1 Å². The first-order valence-corrected chi connectivity index (χ1v) is 6.04. The second-order valence-electron chi connectivity index (χ2n) is 2.64. The summed E-state index contributed by atoms with van der Waals surface area (Å²) in [4.78, 5) is 4.93. The highest BCUT2D eigenvalue weighted by Gasteiger charge is 2.03. The van der Waals surface area contributed by atoms with Crippen LogP contribution >= 0.6 is 11.3 Å². The zero-order valence-corrected chi connectivity index (χ0v) is 8.61. The molecule has 68 valence electrons. The number of nitrogens with zero attached hydrogens (tertiary/aromatic N) is 1. The SMILES string of the molecule is CS(=O)c1ccc2nc(N)sc2c1. The van der Waals surface area contributed by atoms with E-state index in [1.54, 1.807) is 6.26 Å². The summed E-state index contributed by atoms with van der Waals surface area (Å²) in [5, 5.41) is 0.550. The summed E-state index contributed by atoms with van der Waals surface area (Å²) in [6, 6.07) is 5.54. The van der Waals surface area contributed by atoms with Gasteiger partial charge in [0.2, 0.25) is 0 Å². The molecule has 1 heterocycles. The van der Waals surface area contributed by atoms with Crippen LogP contribution in [0.1, 0.15) is 0 Å². The van der Waals surface area contributed by atoms with E-state index < -0.39 is 10.8 Å². The molecule has 2 aromatic rings. The quantitative estimate of drug-likeness (QED) is 0.781.